The summed E-state index contributed by atoms with van der Waals surface area (Å²) in [5.74, 6) is 1.12. The van der Waals surface area contributed by atoms with E-state index in [-0.39, 0.29) is 5.91 Å². The van der Waals surface area contributed by atoms with Gasteiger partial charge in [-0.3, -0.25) is 4.79 Å². The Morgan fingerprint density at radius 2 is 2.00 bits per heavy atom. The number of hydrogen-bond donors (Lipinski definition) is 1. The molecule has 3 aromatic rings. The monoisotopic (exact) mass is 400 g/mol. The highest BCUT2D eigenvalue weighted by atomic mass is 32.2. The average molecular weight is 401 g/mol. The van der Waals surface area contributed by atoms with Crippen molar-refractivity contribution in [2.24, 2.45) is 0 Å². The Hall–Kier alpha value is -2.12. The number of thiophene rings is 1. The van der Waals surface area contributed by atoms with Gasteiger partial charge in [-0.2, -0.15) is 0 Å². The zero-order valence-corrected chi connectivity index (χ0v) is 17.7. The topological polar surface area (TPSA) is 59.8 Å². The highest BCUT2D eigenvalue weighted by Crippen LogP contribution is 2.28. The van der Waals surface area contributed by atoms with Crippen molar-refractivity contribution in [2.75, 3.05) is 11.1 Å². The van der Waals surface area contributed by atoms with E-state index in [9.17, 15) is 4.79 Å². The lowest BCUT2D eigenvalue weighted by Crippen LogP contribution is -2.14. The number of thioether (sulfide) groups is 1. The molecule has 0 aliphatic rings. The van der Waals surface area contributed by atoms with Crippen molar-refractivity contribution in [3.05, 3.63) is 45.6 Å². The quantitative estimate of drug-likeness (QED) is 0.571. The van der Waals surface area contributed by atoms with Gasteiger partial charge in [0.05, 0.1) is 5.75 Å². The van der Waals surface area contributed by atoms with E-state index < -0.39 is 0 Å². The SMILES string of the molecule is CCc1cc(-c2nnc(SCC(=O)Nc3ccc(C)c(C)c3)n2CC)cs1. The molecule has 5 nitrogen and oxygen atoms in total. The van der Waals surface area contributed by atoms with E-state index in [1.54, 1.807) is 11.3 Å². The van der Waals surface area contributed by atoms with Crippen LogP contribution in [0.2, 0.25) is 0 Å². The first-order valence-corrected chi connectivity index (χ1v) is 10.9. The maximum atomic E-state index is 12.3. The molecule has 0 saturated heterocycles. The number of anilines is 1. The first kappa shape index (κ1) is 19.6. The summed E-state index contributed by atoms with van der Waals surface area (Å²) in [6.07, 6.45) is 1.02. The van der Waals surface area contributed by atoms with Gasteiger partial charge in [0.1, 0.15) is 0 Å². The van der Waals surface area contributed by atoms with Crippen molar-refractivity contribution in [2.45, 2.75) is 45.8 Å². The lowest BCUT2D eigenvalue weighted by atomic mass is 10.1. The van der Waals surface area contributed by atoms with Crippen LogP contribution < -0.4 is 5.32 Å². The molecule has 0 bridgehead atoms. The highest BCUT2D eigenvalue weighted by molar-refractivity contribution is 7.99. The number of aryl methyl sites for hydroxylation is 3. The number of carbonyl (C=O) groups is 1. The Morgan fingerprint density at radius 1 is 1.19 bits per heavy atom. The second-order valence-electron chi connectivity index (χ2n) is 6.34. The summed E-state index contributed by atoms with van der Waals surface area (Å²) in [6, 6.07) is 8.11. The van der Waals surface area contributed by atoms with Crippen LogP contribution in [0.15, 0.2) is 34.8 Å². The zero-order valence-electron chi connectivity index (χ0n) is 16.1. The van der Waals surface area contributed by atoms with E-state index in [4.69, 9.17) is 0 Å². The second-order valence-corrected chi connectivity index (χ2v) is 8.28. The van der Waals surface area contributed by atoms with Gasteiger partial charge in [0.25, 0.3) is 0 Å². The van der Waals surface area contributed by atoms with Crippen LogP contribution in [-0.4, -0.2) is 26.4 Å². The third kappa shape index (κ3) is 4.59. The predicted octanol–water partition coefficient (Wildman–Crippen LogP) is 4.94. The Labute approximate surface area is 168 Å². The van der Waals surface area contributed by atoms with Crippen molar-refractivity contribution in [3.8, 4) is 11.4 Å². The third-order valence-electron chi connectivity index (χ3n) is 4.42. The molecule has 7 heteroatoms. The summed E-state index contributed by atoms with van der Waals surface area (Å²) in [5.41, 5.74) is 4.30. The van der Waals surface area contributed by atoms with Gasteiger partial charge in [0, 0.05) is 28.1 Å². The predicted molar refractivity (Wildman–Crippen MR) is 114 cm³/mol. The Balaban J connectivity index is 1.67. The molecule has 27 heavy (non-hydrogen) atoms. The summed E-state index contributed by atoms with van der Waals surface area (Å²) in [6.45, 7) is 9.08. The largest absolute Gasteiger partial charge is 0.325 e. The number of hydrogen-bond acceptors (Lipinski definition) is 5. The van der Waals surface area contributed by atoms with Crippen LogP contribution in [0.1, 0.15) is 29.9 Å². The van der Waals surface area contributed by atoms with E-state index in [1.165, 1.54) is 22.2 Å². The molecular weight excluding hydrogens is 376 g/mol. The van der Waals surface area contributed by atoms with Gasteiger partial charge >= 0.3 is 0 Å². The van der Waals surface area contributed by atoms with Gasteiger partial charge in [-0.1, -0.05) is 24.8 Å². The van der Waals surface area contributed by atoms with E-state index in [0.29, 0.717) is 5.75 Å². The molecule has 2 aromatic heterocycles. The van der Waals surface area contributed by atoms with Crippen LogP contribution in [0.4, 0.5) is 5.69 Å². The second kappa shape index (κ2) is 8.71. The Kier molecular flexibility index (Phi) is 6.34. The van der Waals surface area contributed by atoms with Crippen LogP contribution in [0, 0.1) is 13.8 Å². The molecule has 1 amide bonds. The van der Waals surface area contributed by atoms with Gasteiger partial charge in [-0.05, 0) is 56.5 Å². The van der Waals surface area contributed by atoms with Crippen molar-refractivity contribution < 1.29 is 4.79 Å². The van der Waals surface area contributed by atoms with E-state index in [2.05, 4.69) is 52.3 Å². The molecule has 0 spiro atoms. The molecule has 0 aliphatic carbocycles. The average Bonchev–Trinajstić information content (AvgIpc) is 3.29. The standard InChI is InChI=1S/C20H24N4OS2/c1-5-17-10-15(11-26-17)19-22-23-20(24(19)6-2)27-12-18(25)21-16-8-7-13(3)14(4)9-16/h7-11H,5-6,12H2,1-4H3,(H,21,25). The maximum absolute atomic E-state index is 12.3. The number of carbonyl (C=O) groups excluding carboxylic acids is 1. The number of aromatic nitrogens is 3. The van der Waals surface area contributed by atoms with Crippen LogP contribution in [0.5, 0.6) is 0 Å². The molecule has 0 fully saturated rings. The van der Waals surface area contributed by atoms with Gasteiger partial charge in [-0.25, -0.2) is 0 Å². The molecule has 0 unspecified atom stereocenters. The minimum Gasteiger partial charge on any atom is -0.325 e. The maximum Gasteiger partial charge on any atom is 0.234 e. The van der Waals surface area contributed by atoms with Crippen molar-refractivity contribution in [1.29, 1.82) is 0 Å². The van der Waals surface area contributed by atoms with Crippen LogP contribution in [-0.2, 0) is 17.8 Å². The molecule has 0 radical (unpaired) electrons. The van der Waals surface area contributed by atoms with Crippen molar-refractivity contribution in [3.63, 3.8) is 0 Å². The van der Waals surface area contributed by atoms with Crippen LogP contribution in [0.3, 0.4) is 0 Å². The van der Waals surface area contributed by atoms with Gasteiger partial charge in [-0.15, -0.1) is 21.5 Å². The number of amides is 1. The summed E-state index contributed by atoms with van der Waals surface area (Å²) in [4.78, 5) is 13.6. The van der Waals surface area contributed by atoms with E-state index in [1.807, 2.05) is 25.1 Å². The third-order valence-corrected chi connectivity index (χ3v) is 6.46. The first-order chi connectivity index (χ1) is 13.0. The van der Waals surface area contributed by atoms with E-state index >= 15 is 0 Å². The van der Waals surface area contributed by atoms with Gasteiger partial charge in [0.2, 0.25) is 5.91 Å². The lowest BCUT2D eigenvalue weighted by molar-refractivity contribution is -0.113. The van der Waals surface area contributed by atoms with Crippen molar-refractivity contribution >= 4 is 34.7 Å². The molecule has 0 aliphatic heterocycles. The summed E-state index contributed by atoms with van der Waals surface area (Å²) < 4.78 is 2.06. The molecule has 0 atom stereocenters. The smallest absolute Gasteiger partial charge is 0.234 e. The number of nitrogens with one attached hydrogen (secondary N) is 1. The minimum atomic E-state index is -0.0424. The summed E-state index contributed by atoms with van der Waals surface area (Å²) in [5, 5.41) is 14.5. The molecule has 2 heterocycles. The summed E-state index contributed by atoms with van der Waals surface area (Å²) in [7, 11) is 0. The number of benzene rings is 1. The molecule has 0 saturated carbocycles. The Morgan fingerprint density at radius 3 is 2.67 bits per heavy atom. The lowest BCUT2D eigenvalue weighted by Gasteiger charge is -2.08. The van der Waals surface area contributed by atoms with Gasteiger partial charge in [0.15, 0.2) is 11.0 Å². The summed E-state index contributed by atoms with van der Waals surface area (Å²) >= 11 is 3.16. The fourth-order valence-corrected chi connectivity index (χ4v) is 4.34. The van der Waals surface area contributed by atoms with E-state index in [0.717, 1.165) is 40.8 Å². The fraction of sp³-hybridized carbons (Fsp3) is 0.350. The molecular formula is C20H24N4OS2. The molecule has 1 aromatic carbocycles. The van der Waals surface area contributed by atoms with Crippen LogP contribution >= 0.6 is 23.1 Å². The Bertz CT molecular complexity index is 945. The zero-order chi connectivity index (χ0) is 19.4. The van der Waals surface area contributed by atoms with Crippen molar-refractivity contribution in [1.82, 2.24) is 14.8 Å². The molecule has 1 N–H and O–H groups in total. The fourth-order valence-electron chi connectivity index (χ4n) is 2.72. The normalized spacial score (nSPS) is 11.0. The minimum absolute atomic E-state index is 0.0424. The highest BCUT2D eigenvalue weighted by Gasteiger charge is 2.15. The number of rotatable bonds is 7. The number of nitrogens with zero attached hydrogens (tertiary/aromatic N) is 3. The molecule has 142 valence electrons. The van der Waals surface area contributed by atoms with Crippen LogP contribution in [0.25, 0.3) is 11.4 Å². The molecule has 3 rings (SSSR count). The first-order valence-electron chi connectivity index (χ1n) is 9.02. The van der Waals surface area contributed by atoms with Gasteiger partial charge < -0.3 is 9.88 Å².